The second kappa shape index (κ2) is 9.18. The van der Waals surface area contributed by atoms with Gasteiger partial charge >= 0.3 is 0 Å². The maximum absolute atomic E-state index is 13.3. The standard InChI is InChI=1S/C23H29N3O3S/c1-16-8-10-25(11-9-16)15-23(27)26-19(14-18(24-26)22-5-4-12-30-22)17-6-7-20(28-2)21(13-17)29-3/h4-7,12-13,16,19H,8-11,14-15H2,1-3H3/t19-/m0/s1. The molecule has 2 aliphatic heterocycles. The van der Waals surface area contributed by atoms with E-state index < -0.39 is 0 Å². The quantitative estimate of drug-likeness (QED) is 0.694. The second-order valence-electron chi connectivity index (χ2n) is 8.06. The Hall–Kier alpha value is -2.38. The van der Waals surface area contributed by atoms with Crippen LogP contribution in [0.4, 0.5) is 0 Å². The summed E-state index contributed by atoms with van der Waals surface area (Å²) in [6.45, 7) is 4.65. The van der Waals surface area contributed by atoms with E-state index in [1.807, 2.05) is 29.6 Å². The molecule has 0 bridgehead atoms. The Kier molecular flexibility index (Phi) is 6.39. The fourth-order valence-corrected chi connectivity index (χ4v) is 4.86. The highest BCUT2D eigenvalue weighted by Crippen LogP contribution is 2.38. The van der Waals surface area contributed by atoms with Crippen molar-refractivity contribution in [3.05, 3.63) is 46.2 Å². The van der Waals surface area contributed by atoms with Gasteiger partial charge in [0, 0.05) is 6.42 Å². The lowest BCUT2D eigenvalue weighted by molar-refractivity contribution is -0.134. The van der Waals surface area contributed by atoms with Crippen LogP contribution >= 0.6 is 11.3 Å². The first-order valence-corrected chi connectivity index (χ1v) is 11.3. The van der Waals surface area contributed by atoms with Gasteiger partial charge in [-0.05, 0) is 61.0 Å². The minimum Gasteiger partial charge on any atom is -0.493 e. The summed E-state index contributed by atoms with van der Waals surface area (Å²) in [4.78, 5) is 16.7. The van der Waals surface area contributed by atoms with Gasteiger partial charge in [-0.1, -0.05) is 19.1 Å². The summed E-state index contributed by atoms with van der Waals surface area (Å²) in [6, 6.07) is 9.80. The van der Waals surface area contributed by atoms with Gasteiger partial charge in [0.2, 0.25) is 0 Å². The van der Waals surface area contributed by atoms with Crippen molar-refractivity contribution < 1.29 is 14.3 Å². The number of methoxy groups -OCH3 is 2. The van der Waals surface area contributed by atoms with Gasteiger partial charge in [0.25, 0.3) is 5.91 Å². The molecular weight excluding hydrogens is 398 g/mol. The highest BCUT2D eigenvalue weighted by atomic mass is 32.1. The van der Waals surface area contributed by atoms with Crippen LogP contribution in [-0.2, 0) is 4.79 Å². The maximum Gasteiger partial charge on any atom is 0.257 e. The van der Waals surface area contributed by atoms with Crippen molar-refractivity contribution in [2.75, 3.05) is 33.9 Å². The van der Waals surface area contributed by atoms with Crippen LogP contribution in [0.1, 0.15) is 42.7 Å². The van der Waals surface area contributed by atoms with Crippen LogP contribution in [0, 0.1) is 5.92 Å². The molecule has 1 aromatic heterocycles. The third-order valence-corrected chi connectivity index (χ3v) is 6.92. The molecule has 30 heavy (non-hydrogen) atoms. The van der Waals surface area contributed by atoms with E-state index in [1.54, 1.807) is 30.6 Å². The van der Waals surface area contributed by atoms with Crippen molar-refractivity contribution >= 4 is 23.0 Å². The van der Waals surface area contributed by atoms with Gasteiger partial charge in [-0.3, -0.25) is 9.69 Å². The van der Waals surface area contributed by atoms with Gasteiger partial charge in [0.1, 0.15) is 0 Å². The van der Waals surface area contributed by atoms with Crippen LogP contribution in [-0.4, -0.2) is 55.4 Å². The number of carbonyl (C=O) groups excluding carboxylic acids is 1. The van der Waals surface area contributed by atoms with E-state index in [4.69, 9.17) is 14.6 Å². The zero-order chi connectivity index (χ0) is 21.1. The smallest absolute Gasteiger partial charge is 0.257 e. The van der Waals surface area contributed by atoms with Crippen LogP contribution in [0.15, 0.2) is 40.8 Å². The molecule has 7 heteroatoms. The molecule has 160 valence electrons. The van der Waals surface area contributed by atoms with Crippen molar-refractivity contribution in [1.29, 1.82) is 0 Å². The van der Waals surface area contributed by atoms with E-state index in [0.717, 1.165) is 48.0 Å². The fraction of sp³-hybridized carbons (Fsp3) is 0.478. The van der Waals surface area contributed by atoms with E-state index in [-0.39, 0.29) is 11.9 Å². The number of ether oxygens (including phenoxy) is 2. The number of carbonyl (C=O) groups is 1. The van der Waals surface area contributed by atoms with E-state index in [9.17, 15) is 4.79 Å². The molecule has 2 aromatic rings. The van der Waals surface area contributed by atoms with Gasteiger partial charge < -0.3 is 9.47 Å². The number of piperidine rings is 1. The third kappa shape index (κ3) is 4.37. The van der Waals surface area contributed by atoms with Gasteiger partial charge in [-0.2, -0.15) is 5.10 Å². The van der Waals surface area contributed by atoms with Crippen LogP contribution < -0.4 is 9.47 Å². The number of rotatable bonds is 6. The summed E-state index contributed by atoms with van der Waals surface area (Å²) < 4.78 is 10.9. The number of thiophene rings is 1. The Morgan fingerprint density at radius 1 is 1.17 bits per heavy atom. The van der Waals surface area contributed by atoms with Crippen molar-refractivity contribution in [3.63, 3.8) is 0 Å². The summed E-state index contributed by atoms with van der Waals surface area (Å²) in [6.07, 6.45) is 2.99. The zero-order valence-electron chi connectivity index (χ0n) is 17.8. The first kappa shape index (κ1) is 20.9. The summed E-state index contributed by atoms with van der Waals surface area (Å²) in [5.74, 6) is 2.14. The molecular formula is C23H29N3O3S. The summed E-state index contributed by atoms with van der Waals surface area (Å²) in [5, 5.41) is 8.51. The van der Waals surface area contributed by atoms with Crippen molar-refractivity contribution in [1.82, 2.24) is 9.91 Å². The van der Waals surface area contributed by atoms with Gasteiger partial charge in [-0.15, -0.1) is 11.3 Å². The van der Waals surface area contributed by atoms with Gasteiger partial charge in [0.15, 0.2) is 11.5 Å². The second-order valence-corrected chi connectivity index (χ2v) is 9.00. The SMILES string of the molecule is COc1ccc([C@@H]2CC(c3cccs3)=NN2C(=O)CN2CCC(C)CC2)cc1OC. The lowest BCUT2D eigenvalue weighted by atomic mass is 9.99. The topological polar surface area (TPSA) is 54.4 Å². The molecule has 0 aliphatic carbocycles. The molecule has 1 saturated heterocycles. The number of hydrogen-bond acceptors (Lipinski definition) is 6. The fourth-order valence-electron chi connectivity index (χ4n) is 4.14. The predicted molar refractivity (Wildman–Crippen MR) is 119 cm³/mol. The van der Waals surface area contributed by atoms with Gasteiger partial charge in [-0.25, -0.2) is 5.01 Å². The average Bonchev–Trinajstić information content (AvgIpc) is 3.45. The molecule has 0 radical (unpaired) electrons. The number of amides is 1. The highest BCUT2D eigenvalue weighted by molar-refractivity contribution is 7.12. The molecule has 0 N–H and O–H groups in total. The number of benzene rings is 1. The first-order valence-electron chi connectivity index (χ1n) is 10.5. The summed E-state index contributed by atoms with van der Waals surface area (Å²) >= 11 is 1.66. The first-order chi connectivity index (χ1) is 14.6. The molecule has 4 rings (SSSR count). The Morgan fingerprint density at radius 3 is 2.60 bits per heavy atom. The number of hydrogen-bond donors (Lipinski definition) is 0. The number of hydrazone groups is 1. The Balaban J connectivity index is 1.59. The molecule has 0 saturated carbocycles. The Morgan fingerprint density at radius 2 is 1.93 bits per heavy atom. The normalized spacial score (nSPS) is 20.3. The molecule has 0 spiro atoms. The van der Waals surface area contributed by atoms with Crippen molar-refractivity contribution in [2.24, 2.45) is 11.0 Å². The van der Waals surface area contributed by atoms with Crippen LogP contribution in [0.25, 0.3) is 0 Å². The predicted octanol–water partition coefficient (Wildman–Crippen LogP) is 4.17. The van der Waals surface area contributed by atoms with Crippen LogP contribution in [0.5, 0.6) is 11.5 Å². The molecule has 1 atom stereocenters. The largest absolute Gasteiger partial charge is 0.493 e. The number of nitrogens with zero attached hydrogens (tertiary/aromatic N) is 3. The maximum atomic E-state index is 13.3. The molecule has 1 amide bonds. The van der Waals surface area contributed by atoms with E-state index in [2.05, 4.69) is 17.9 Å². The van der Waals surface area contributed by atoms with E-state index >= 15 is 0 Å². The Labute approximate surface area is 182 Å². The van der Waals surface area contributed by atoms with Gasteiger partial charge in [0.05, 0.1) is 37.4 Å². The van der Waals surface area contributed by atoms with Crippen LogP contribution in [0.3, 0.4) is 0 Å². The molecule has 0 unspecified atom stereocenters. The highest BCUT2D eigenvalue weighted by Gasteiger charge is 2.34. The van der Waals surface area contributed by atoms with Crippen molar-refractivity contribution in [2.45, 2.75) is 32.2 Å². The van der Waals surface area contributed by atoms with E-state index in [1.165, 1.54) is 0 Å². The molecule has 3 heterocycles. The zero-order valence-corrected chi connectivity index (χ0v) is 18.7. The summed E-state index contributed by atoms with van der Waals surface area (Å²) in [7, 11) is 3.25. The molecule has 6 nitrogen and oxygen atoms in total. The molecule has 1 aromatic carbocycles. The molecule has 1 fully saturated rings. The third-order valence-electron chi connectivity index (χ3n) is 6.00. The lowest BCUT2D eigenvalue weighted by Gasteiger charge is -2.31. The summed E-state index contributed by atoms with van der Waals surface area (Å²) in [5.41, 5.74) is 1.97. The van der Waals surface area contributed by atoms with Crippen molar-refractivity contribution in [3.8, 4) is 11.5 Å². The van der Waals surface area contributed by atoms with Crippen LogP contribution in [0.2, 0.25) is 0 Å². The minimum atomic E-state index is -0.141. The lowest BCUT2D eigenvalue weighted by Crippen LogP contribution is -2.41. The van der Waals surface area contributed by atoms with E-state index in [0.29, 0.717) is 24.5 Å². The molecule has 2 aliphatic rings. The number of likely N-dealkylation sites (tertiary alicyclic amines) is 1. The Bertz CT molecular complexity index is 904. The monoisotopic (exact) mass is 427 g/mol. The minimum absolute atomic E-state index is 0.0518. The average molecular weight is 428 g/mol.